The van der Waals surface area contributed by atoms with Crippen LogP contribution in [-0.2, 0) is 17.8 Å². The predicted molar refractivity (Wildman–Crippen MR) is 106 cm³/mol. The maximum absolute atomic E-state index is 12.3. The van der Waals surface area contributed by atoms with Crippen LogP contribution in [0.2, 0.25) is 0 Å². The topological polar surface area (TPSA) is 66.5 Å². The molecule has 0 aliphatic carbocycles. The molecule has 0 atom stereocenters. The number of amides is 2. The third kappa shape index (κ3) is 5.78. The molecule has 0 bridgehead atoms. The van der Waals surface area contributed by atoms with Crippen molar-refractivity contribution in [3.05, 3.63) is 70.8 Å². The third-order valence-electron chi connectivity index (χ3n) is 4.54. The molecular weight excluding hydrogens is 340 g/mol. The number of hydrogen-bond donors (Lipinski definition) is 1. The molecule has 27 heavy (non-hydrogen) atoms. The maximum atomic E-state index is 12.3. The molecule has 0 saturated heterocycles. The van der Waals surface area contributed by atoms with E-state index in [2.05, 4.69) is 12.2 Å². The van der Waals surface area contributed by atoms with Crippen molar-refractivity contribution in [2.45, 2.75) is 32.7 Å². The lowest BCUT2D eigenvalue weighted by molar-refractivity contribution is -0.130. The first kappa shape index (κ1) is 20.4. The molecule has 0 unspecified atom stereocenters. The van der Waals surface area contributed by atoms with Crippen LogP contribution < -0.4 is 5.32 Å². The summed E-state index contributed by atoms with van der Waals surface area (Å²) < 4.78 is 0. The minimum atomic E-state index is -0.142. The van der Waals surface area contributed by atoms with Gasteiger partial charge in [-0.25, -0.2) is 0 Å². The monoisotopic (exact) mass is 366 g/mol. The molecule has 2 aromatic carbocycles. The van der Waals surface area contributed by atoms with Crippen LogP contribution in [0.4, 0.5) is 0 Å². The zero-order chi connectivity index (χ0) is 19.8. The summed E-state index contributed by atoms with van der Waals surface area (Å²) in [7, 11) is 3.30. The number of carbonyl (C=O) groups is 3. The molecule has 2 aromatic rings. The molecule has 0 saturated carbocycles. The number of nitrogens with zero attached hydrogens (tertiary/aromatic N) is 1. The Balaban J connectivity index is 1.85. The summed E-state index contributed by atoms with van der Waals surface area (Å²) in [6.45, 7) is 2.50. The summed E-state index contributed by atoms with van der Waals surface area (Å²) in [5.41, 5.74) is 3.34. The van der Waals surface area contributed by atoms with Gasteiger partial charge in [0.25, 0.3) is 5.91 Å². The van der Waals surface area contributed by atoms with E-state index in [4.69, 9.17) is 0 Å². The number of aryl methyl sites for hydroxylation is 1. The number of carbonyl (C=O) groups excluding carboxylic acids is 3. The highest BCUT2D eigenvalue weighted by atomic mass is 16.2. The van der Waals surface area contributed by atoms with Gasteiger partial charge in [0.05, 0.1) is 0 Å². The number of hydrogen-bond acceptors (Lipinski definition) is 3. The third-order valence-corrected chi connectivity index (χ3v) is 4.54. The van der Waals surface area contributed by atoms with Gasteiger partial charge in [0, 0.05) is 44.6 Å². The van der Waals surface area contributed by atoms with Gasteiger partial charge in [-0.15, -0.1) is 0 Å². The highest BCUT2D eigenvalue weighted by Crippen LogP contribution is 2.11. The van der Waals surface area contributed by atoms with Crippen LogP contribution in [0.1, 0.15) is 51.6 Å². The lowest BCUT2D eigenvalue weighted by atomic mass is 10.0. The second-order valence-corrected chi connectivity index (χ2v) is 6.50. The van der Waals surface area contributed by atoms with Crippen molar-refractivity contribution < 1.29 is 14.4 Å². The van der Waals surface area contributed by atoms with E-state index < -0.39 is 0 Å². The van der Waals surface area contributed by atoms with Crippen molar-refractivity contribution in [3.8, 4) is 0 Å². The summed E-state index contributed by atoms with van der Waals surface area (Å²) in [6.07, 6.45) is 1.31. The maximum Gasteiger partial charge on any atom is 0.251 e. The van der Waals surface area contributed by atoms with Crippen LogP contribution in [0.25, 0.3) is 0 Å². The van der Waals surface area contributed by atoms with Crippen LogP contribution in [0.15, 0.2) is 48.5 Å². The highest BCUT2D eigenvalue weighted by Gasteiger charge is 2.13. The zero-order valence-electron chi connectivity index (χ0n) is 16.1. The fraction of sp³-hybridized carbons (Fsp3) is 0.318. The summed E-state index contributed by atoms with van der Waals surface area (Å²) in [6, 6.07) is 14.7. The number of ketones is 1. The van der Waals surface area contributed by atoms with E-state index in [-0.39, 0.29) is 30.4 Å². The van der Waals surface area contributed by atoms with Gasteiger partial charge in [-0.2, -0.15) is 0 Å². The lowest BCUT2D eigenvalue weighted by Gasteiger charge is -2.17. The van der Waals surface area contributed by atoms with Crippen LogP contribution in [-0.4, -0.2) is 36.6 Å². The molecule has 0 aliphatic heterocycles. The van der Waals surface area contributed by atoms with E-state index in [1.807, 2.05) is 36.4 Å². The van der Waals surface area contributed by atoms with Gasteiger partial charge < -0.3 is 10.2 Å². The summed E-state index contributed by atoms with van der Waals surface area (Å²) >= 11 is 0. The summed E-state index contributed by atoms with van der Waals surface area (Å²) in [5, 5.41) is 2.57. The Morgan fingerprint density at radius 1 is 0.852 bits per heavy atom. The van der Waals surface area contributed by atoms with Crippen molar-refractivity contribution in [3.63, 3.8) is 0 Å². The van der Waals surface area contributed by atoms with Gasteiger partial charge in [-0.1, -0.05) is 43.3 Å². The first-order valence-electron chi connectivity index (χ1n) is 9.11. The first-order chi connectivity index (χ1) is 12.9. The standard InChI is InChI=1S/C22H26N2O3/c1-4-16-5-9-18(10-6-16)20(25)13-14-21(26)24(3)15-17-7-11-19(12-8-17)22(27)23-2/h5-12H,4,13-15H2,1-3H3,(H,23,27). The molecule has 2 amide bonds. The first-order valence-corrected chi connectivity index (χ1v) is 9.11. The Hall–Kier alpha value is -2.95. The van der Waals surface area contributed by atoms with E-state index in [1.54, 1.807) is 31.1 Å². The van der Waals surface area contributed by atoms with Gasteiger partial charge in [0.1, 0.15) is 0 Å². The molecule has 5 heteroatoms. The number of Topliss-reactive ketones (excluding diaryl/α,β-unsaturated/α-hetero) is 1. The van der Waals surface area contributed by atoms with Crippen molar-refractivity contribution in [2.24, 2.45) is 0 Å². The highest BCUT2D eigenvalue weighted by molar-refractivity contribution is 5.98. The number of rotatable bonds is 8. The molecule has 0 spiro atoms. The minimum absolute atomic E-state index is 0.0191. The molecule has 0 aliphatic rings. The Morgan fingerprint density at radius 2 is 1.41 bits per heavy atom. The van der Waals surface area contributed by atoms with Gasteiger partial charge in [0.15, 0.2) is 5.78 Å². The molecule has 0 heterocycles. The lowest BCUT2D eigenvalue weighted by Crippen LogP contribution is -2.26. The minimum Gasteiger partial charge on any atom is -0.355 e. The second-order valence-electron chi connectivity index (χ2n) is 6.50. The van der Waals surface area contributed by atoms with Gasteiger partial charge in [0.2, 0.25) is 5.91 Å². The normalized spacial score (nSPS) is 10.3. The van der Waals surface area contributed by atoms with Crippen molar-refractivity contribution in [2.75, 3.05) is 14.1 Å². The molecule has 0 radical (unpaired) electrons. The molecule has 2 rings (SSSR count). The van der Waals surface area contributed by atoms with Crippen LogP contribution in [0, 0.1) is 0 Å². The largest absolute Gasteiger partial charge is 0.355 e. The predicted octanol–water partition coefficient (Wildman–Crippen LogP) is 3.23. The fourth-order valence-electron chi connectivity index (χ4n) is 2.75. The van der Waals surface area contributed by atoms with E-state index in [1.165, 1.54) is 5.56 Å². The van der Waals surface area contributed by atoms with E-state index in [0.717, 1.165) is 12.0 Å². The zero-order valence-corrected chi connectivity index (χ0v) is 16.1. The Morgan fingerprint density at radius 3 is 1.96 bits per heavy atom. The summed E-state index contributed by atoms with van der Waals surface area (Å²) in [4.78, 5) is 37.7. The Kier molecular flexibility index (Phi) is 7.29. The quantitative estimate of drug-likeness (QED) is 0.730. The summed E-state index contributed by atoms with van der Waals surface area (Å²) in [5.74, 6) is -0.241. The van der Waals surface area contributed by atoms with E-state index in [0.29, 0.717) is 17.7 Å². The van der Waals surface area contributed by atoms with Gasteiger partial charge in [-0.05, 0) is 29.7 Å². The van der Waals surface area contributed by atoms with Crippen LogP contribution in [0.5, 0.6) is 0 Å². The Bertz CT molecular complexity index is 795. The number of benzene rings is 2. The molecular formula is C22H26N2O3. The molecule has 142 valence electrons. The van der Waals surface area contributed by atoms with Crippen molar-refractivity contribution in [1.29, 1.82) is 0 Å². The fourth-order valence-corrected chi connectivity index (χ4v) is 2.75. The molecule has 1 N–H and O–H groups in total. The second kappa shape index (κ2) is 9.67. The van der Waals surface area contributed by atoms with Crippen molar-refractivity contribution >= 4 is 17.6 Å². The average Bonchev–Trinajstić information content (AvgIpc) is 2.71. The van der Waals surface area contributed by atoms with Gasteiger partial charge >= 0.3 is 0 Å². The molecule has 0 aromatic heterocycles. The Labute approximate surface area is 160 Å². The number of nitrogens with one attached hydrogen (secondary N) is 1. The van der Waals surface area contributed by atoms with E-state index >= 15 is 0 Å². The average molecular weight is 366 g/mol. The van der Waals surface area contributed by atoms with Gasteiger partial charge in [-0.3, -0.25) is 14.4 Å². The van der Waals surface area contributed by atoms with Crippen molar-refractivity contribution in [1.82, 2.24) is 10.2 Å². The van der Waals surface area contributed by atoms with Crippen LogP contribution >= 0.6 is 0 Å². The van der Waals surface area contributed by atoms with E-state index in [9.17, 15) is 14.4 Å². The molecule has 0 fully saturated rings. The SMILES string of the molecule is CCc1ccc(C(=O)CCC(=O)N(C)Cc2ccc(C(=O)NC)cc2)cc1. The molecule has 5 nitrogen and oxygen atoms in total. The van der Waals surface area contributed by atoms with Crippen LogP contribution in [0.3, 0.4) is 0 Å². The smallest absolute Gasteiger partial charge is 0.251 e.